The molecule has 1 unspecified atom stereocenters. The number of carbonyl (C=O) groups is 3. The molecule has 0 aromatic heterocycles. The highest BCUT2D eigenvalue weighted by Gasteiger charge is 2.44. The normalized spacial score (nSPS) is 21.2. The van der Waals surface area contributed by atoms with Crippen molar-refractivity contribution < 1.29 is 33.3 Å². The van der Waals surface area contributed by atoms with Gasteiger partial charge in [0.25, 0.3) is 0 Å². The molecule has 9 heteroatoms. The lowest BCUT2D eigenvalue weighted by Gasteiger charge is -2.27. The van der Waals surface area contributed by atoms with Gasteiger partial charge in [-0.2, -0.15) is 0 Å². The topological polar surface area (TPSA) is 94.6 Å². The van der Waals surface area contributed by atoms with Crippen LogP contribution in [0.3, 0.4) is 0 Å². The number of likely N-dealkylation sites (tertiary alicyclic amines) is 2. The Bertz CT molecular complexity index is 714. The molecule has 36 heavy (non-hydrogen) atoms. The average molecular weight is 513 g/mol. The van der Waals surface area contributed by atoms with Gasteiger partial charge in [0.15, 0.2) is 0 Å². The largest absolute Gasteiger partial charge is 0.379 e. The monoisotopic (exact) mass is 512 g/mol. The van der Waals surface area contributed by atoms with E-state index in [0.717, 1.165) is 19.5 Å². The maximum absolute atomic E-state index is 12.4. The third kappa shape index (κ3) is 10.1. The van der Waals surface area contributed by atoms with Crippen molar-refractivity contribution in [2.75, 3.05) is 72.5 Å². The van der Waals surface area contributed by atoms with Gasteiger partial charge in [-0.25, -0.2) is 0 Å². The van der Waals surface area contributed by atoms with Crippen LogP contribution in [0.2, 0.25) is 0 Å². The molecule has 2 aliphatic heterocycles. The lowest BCUT2D eigenvalue weighted by Crippen LogP contribution is -2.36. The Labute approximate surface area is 217 Å². The fraction of sp³-hybridized carbons (Fsp3) is 0.889. The molecule has 2 rings (SSSR count). The highest BCUT2D eigenvalue weighted by Crippen LogP contribution is 2.35. The van der Waals surface area contributed by atoms with E-state index in [0.29, 0.717) is 65.2 Å². The Balaban J connectivity index is 1.37. The zero-order valence-corrected chi connectivity index (χ0v) is 23.3. The summed E-state index contributed by atoms with van der Waals surface area (Å²) in [5.41, 5.74) is 0.0276. The first-order valence-electron chi connectivity index (χ1n) is 13.3. The SMILES string of the molecule is CC(C)(C)C1CC(=O)N(CCOCCOCCOCCOCCC(=O)N2CC[C@H](C(C)(C)C)C2)C1=O. The van der Waals surface area contributed by atoms with Gasteiger partial charge in [-0.3, -0.25) is 19.3 Å². The minimum atomic E-state index is -0.252. The van der Waals surface area contributed by atoms with Crippen LogP contribution in [0.5, 0.6) is 0 Å². The molecule has 0 N–H and O–H groups in total. The van der Waals surface area contributed by atoms with E-state index in [1.165, 1.54) is 4.90 Å². The van der Waals surface area contributed by atoms with Crippen LogP contribution in [0.15, 0.2) is 0 Å². The van der Waals surface area contributed by atoms with Gasteiger partial charge in [0, 0.05) is 19.5 Å². The minimum Gasteiger partial charge on any atom is -0.379 e. The van der Waals surface area contributed by atoms with Crippen molar-refractivity contribution in [3.8, 4) is 0 Å². The van der Waals surface area contributed by atoms with Gasteiger partial charge in [-0.1, -0.05) is 41.5 Å². The fourth-order valence-corrected chi connectivity index (χ4v) is 4.52. The molecule has 0 aliphatic carbocycles. The van der Waals surface area contributed by atoms with E-state index < -0.39 is 0 Å². The van der Waals surface area contributed by atoms with Crippen molar-refractivity contribution in [2.45, 2.75) is 60.8 Å². The van der Waals surface area contributed by atoms with Crippen molar-refractivity contribution in [3.63, 3.8) is 0 Å². The van der Waals surface area contributed by atoms with E-state index in [1.54, 1.807) is 0 Å². The molecule has 2 saturated heterocycles. The summed E-state index contributed by atoms with van der Waals surface area (Å²) >= 11 is 0. The molecule has 3 amide bonds. The Morgan fingerprint density at radius 1 is 0.806 bits per heavy atom. The Kier molecular flexibility index (Phi) is 12.3. The molecule has 2 atom stereocenters. The van der Waals surface area contributed by atoms with Crippen molar-refractivity contribution in [1.29, 1.82) is 0 Å². The first kappa shape index (κ1) is 30.7. The van der Waals surface area contributed by atoms with E-state index in [4.69, 9.17) is 18.9 Å². The molecule has 0 aromatic rings. The molecule has 0 aromatic carbocycles. The van der Waals surface area contributed by atoms with Gasteiger partial charge < -0.3 is 23.8 Å². The Morgan fingerprint density at radius 3 is 1.81 bits per heavy atom. The van der Waals surface area contributed by atoms with E-state index >= 15 is 0 Å². The number of ether oxygens (including phenoxy) is 4. The van der Waals surface area contributed by atoms with Crippen molar-refractivity contribution in [1.82, 2.24) is 9.80 Å². The highest BCUT2D eigenvalue weighted by atomic mass is 16.6. The lowest BCUT2D eigenvalue weighted by molar-refractivity contribution is -0.141. The molecular weight excluding hydrogens is 464 g/mol. The van der Waals surface area contributed by atoms with E-state index in [2.05, 4.69) is 20.8 Å². The highest BCUT2D eigenvalue weighted by molar-refractivity contribution is 6.03. The fourth-order valence-electron chi connectivity index (χ4n) is 4.52. The van der Waals surface area contributed by atoms with Crippen LogP contribution < -0.4 is 0 Å². The predicted octanol–water partition coefficient (Wildman–Crippen LogP) is 2.76. The van der Waals surface area contributed by atoms with Gasteiger partial charge in [-0.15, -0.1) is 0 Å². The smallest absolute Gasteiger partial charge is 0.233 e. The summed E-state index contributed by atoms with van der Waals surface area (Å²) in [5, 5.41) is 0. The third-order valence-electron chi connectivity index (χ3n) is 7.09. The first-order chi connectivity index (χ1) is 16.9. The quantitative estimate of drug-likeness (QED) is 0.246. The summed E-state index contributed by atoms with van der Waals surface area (Å²) in [7, 11) is 0. The minimum absolute atomic E-state index is 0.0964. The second kappa shape index (κ2) is 14.4. The zero-order valence-electron chi connectivity index (χ0n) is 23.3. The molecule has 0 radical (unpaired) electrons. The van der Waals surface area contributed by atoms with Gasteiger partial charge in [0.05, 0.1) is 71.7 Å². The molecule has 0 bridgehead atoms. The molecule has 9 nitrogen and oxygen atoms in total. The van der Waals surface area contributed by atoms with E-state index in [1.807, 2.05) is 25.7 Å². The van der Waals surface area contributed by atoms with Crippen LogP contribution in [-0.4, -0.2) is 100 Å². The van der Waals surface area contributed by atoms with Crippen LogP contribution in [0.4, 0.5) is 0 Å². The predicted molar refractivity (Wildman–Crippen MR) is 136 cm³/mol. The number of imide groups is 1. The summed E-state index contributed by atoms with van der Waals surface area (Å²) in [5.74, 6) is 0.273. The number of hydrogen-bond acceptors (Lipinski definition) is 7. The number of amides is 3. The molecule has 2 aliphatic rings. The summed E-state index contributed by atoms with van der Waals surface area (Å²) < 4.78 is 22.0. The molecular formula is C27H48N2O7. The van der Waals surface area contributed by atoms with Crippen LogP contribution >= 0.6 is 0 Å². The van der Waals surface area contributed by atoms with Crippen LogP contribution in [-0.2, 0) is 33.3 Å². The van der Waals surface area contributed by atoms with Crippen LogP contribution in [0.1, 0.15) is 60.8 Å². The van der Waals surface area contributed by atoms with E-state index in [9.17, 15) is 14.4 Å². The standard InChI is InChI=1S/C27H48N2O7/c1-26(2,3)21-7-9-28(20-21)23(30)8-11-33-13-15-35-17-18-36-16-14-34-12-10-29-24(31)19-22(25(29)32)27(4,5)6/h21-22H,7-20H2,1-6H3/t21-,22?/m0/s1. The van der Waals surface area contributed by atoms with Gasteiger partial charge in [0.2, 0.25) is 17.7 Å². The zero-order chi connectivity index (χ0) is 26.8. The van der Waals surface area contributed by atoms with Crippen molar-refractivity contribution >= 4 is 17.7 Å². The van der Waals surface area contributed by atoms with Crippen molar-refractivity contribution in [3.05, 3.63) is 0 Å². The maximum Gasteiger partial charge on any atom is 0.233 e. The van der Waals surface area contributed by atoms with Gasteiger partial charge in [-0.05, 0) is 23.2 Å². The number of rotatable bonds is 15. The van der Waals surface area contributed by atoms with Crippen molar-refractivity contribution in [2.24, 2.45) is 22.7 Å². The summed E-state index contributed by atoms with van der Waals surface area (Å²) in [6.45, 7) is 18.0. The molecule has 2 fully saturated rings. The van der Waals surface area contributed by atoms with Gasteiger partial charge >= 0.3 is 0 Å². The molecule has 208 valence electrons. The number of carbonyl (C=O) groups excluding carboxylic acids is 3. The van der Waals surface area contributed by atoms with Gasteiger partial charge in [0.1, 0.15) is 0 Å². The first-order valence-corrected chi connectivity index (χ1v) is 13.3. The molecule has 2 heterocycles. The summed E-state index contributed by atoms with van der Waals surface area (Å²) in [6, 6.07) is 0. The number of nitrogens with zero attached hydrogens (tertiary/aromatic N) is 2. The second-order valence-electron chi connectivity index (χ2n) is 11.9. The Hall–Kier alpha value is -1.55. The van der Waals surface area contributed by atoms with Crippen LogP contribution in [0, 0.1) is 22.7 Å². The number of hydrogen-bond donors (Lipinski definition) is 0. The lowest BCUT2D eigenvalue weighted by atomic mass is 9.80. The third-order valence-corrected chi connectivity index (χ3v) is 7.09. The second-order valence-corrected chi connectivity index (χ2v) is 11.9. The maximum atomic E-state index is 12.4. The van der Waals surface area contributed by atoms with Crippen LogP contribution in [0.25, 0.3) is 0 Å². The molecule has 0 spiro atoms. The Morgan fingerprint density at radius 2 is 1.33 bits per heavy atom. The molecule has 0 saturated carbocycles. The average Bonchev–Trinajstić information content (AvgIpc) is 3.39. The summed E-state index contributed by atoms with van der Waals surface area (Å²) in [4.78, 5) is 40.1. The van der Waals surface area contributed by atoms with E-state index in [-0.39, 0.29) is 47.4 Å². The summed E-state index contributed by atoms with van der Waals surface area (Å²) in [6.07, 6.45) is 1.78.